The lowest BCUT2D eigenvalue weighted by Gasteiger charge is -2.12. The van der Waals surface area contributed by atoms with E-state index < -0.39 is 0 Å². The molecule has 1 aromatic rings. The van der Waals surface area contributed by atoms with Crippen molar-refractivity contribution in [3.8, 4) is 0 Å². The van der Waals surface area contributed by atoms with Crippen molar-refractivity contribution in [3.63, 3.8) is 0 Å². The van der Waals surface area contributed by atoms with Crippen LogP contribution in [0.3, 0.4) is 0 Å². The quantitative estimate of drug-likeness (QED) is 0.864. The first-order valence-corrected chi connectivity index (χ1v) is 5.61. The highest BCUT2D eigenvalue weighted by Gasteiger charge is 2.06. The first-order valence-electron chi connectivity index (χ1n) is 4.82. The molecule has 0 aromatic heterocycles. The van der Waals surface area contributed by atoms with Crippen molar-refractivity contribution in [1.29, 1.82) is 0 Å². The SMILES string of the molecule is Cc1ccc(CC(CN)CN)cc1Br. The van der Waals surface area contributed by atoms with Crippen LogP contribution >= 0.6 is 15.9 Å². The van der Waals surface area contributed by atoms with Gasteiger partial charge in [0.2, 0.25) is 0 Å². The van der Waals surface area contributed by atoms with Gasteiger partial charge in [0.25, 0.3) is 0 Å². The van der Waals surface area contributed by atoms with Crippen LogP contribution in [0.1, 0.15) is 11.1 Å². The lowest BCUT2D eigenvalue weighted by molar-refractivity contribution is 0.548. The van der Waals surface area contributed by atoms with E-state index in [1.807, 2.05) is 0 Å². The fourth-order valence-corrected chi connectivity index (χ4v) is 1.79. The summed E-state index contributed by atoms with van der Waals surface area (Å²) in [6.45, 7) is 3.39. The van der Waals surface area contributed by atoms with Crippen LogP contribution in [-0.2, 0) is 6.42 Å². The molecule has 0 fully saturated rings. The Bertz CT molecular complexity index is 295. The molecule has 0 unspecified atom stereocenters. The monoisotopic (exact) mass is 256 g/mol. The Morgan fingerprint density at radius 1 is 1.29 bits per heavy atom. The molecule has 0 aliphatic heterocycles. The van der Waals surface area contributed by atoms with E-state index in [-0.39, 0.29) is 0 Å². The van der Waals surface area contributed by atoms with Gasteiger partial charge in [0.15, 0.2) is 0 Å². The smallest absolute Gasteiger partial charge is 0.0207 e. The molecule has 0 bridgehead atoms. The van der Waals surface area contributed by atoms with Crippen LogP contribution in [0.15, 0.2) is 22.7 Å². The van der Waals surface area contributed by atoms with Gasteiger partial charge in [0, 0.05) is 4.47 Å². The number of benzene rings is 1. The van der Waals surface area contributed by atoms with Crippen LogP contribution in [0.4, 0.5) is 0 Å². The zero-order valence-electron chi connectivity index (χ0n) is 8.46. The molecule has 0 heterocycles. The number of hydrogen-bond donors (Lipinski definition) is 2. The van der Waals surface area contributed by atoms with Crippen LogP contribution in [0.5, 0.6) is 0 Å². The maximum Gasteiger partial charge on any atom is 0.0207 e. The van der Waals surface area contributed by atoms with E-state index in [4.69, 9.17) is 11.5 Å². The second-order valence-corrected chi connectivity index (χ2v) is 4.48. The van der Waals surface area contributed by atoms with Gasteiger partial charge in [-0.15, -0.1) is 0 Å². The fourth-order valence-electron chi connectivity index (χ4n) is 1.36. The third kappa shape index (κ3) is 3.08. The van der Waals surface area contributed by atoms with Gasteiger partial charge in [-0.05, 0) is 49.5 Å². The van der Waals surface area contributed by atoms with Gasteiger partial charge >= 0.3 is 0 Å². The first kappa shape index (κ1) is 11.7. The number of halogens is 1. The van der Waals surface area contributed by atoms with Crippen molar-refractivity contribution in [2.24, 2.45) is 17.4 Å². The Hall–Kier alpha value is -0.380. The molecule has 0 aliphatic rings. The summed E-state index contributed by atoms with van der Waals surface area (Å²) in [5, 5.41) is 0. The van der Waals surface area contributed by atoms with E-state index in [0.29, 0.717) is 19.0 Å². The summed E-state index contributed by atoms with van der Waals surface area (Å²) in [5.74, 6) is 0.393. The minimum atomic E-state index is 0.393. The van der Waals surface area contributed by atoms with Crippen molar-refractivity contribution in [1.82, 2.24) is 0 Å². The molecule has 2 nitrogen and oxygen atoms in total. The molecule has 1 aromatic carbocycles. The highest BCUT2D eigenvalue weighted by molar-refractivity contribution is 9.10. The molecular formula is C11H17BrN2. The number of aryl methyl sites for hydroxylation is 1. The number of hydrogen-bond acceptors (Lipinski definition) is 2. The van der Waals surface area contributed by atoms with Gasteiger partial charge in [-0.2, -0.15) is 0 Å². The molecule has 4 N–H and O–H groups in total. The molecule has 0 radical (unpaired) electrons. The van der Waals surface area contributed by atoms with Crippen molar-refractivity contribution in [3.05, 3.63) is 33.8 Å². The lowest BCUT2D eigenvalue weighted by Crippen LogP contribution is -2.25. The molecule has 14 heavy (non-hydrogen) atoms. The van der Waals surface area contributed by atoms with Gasteiger partial charge in [0.1, 0.15) is 0 Å². The average molecular weight is 257 g/mol. The molecule has 3 heteroatoms. The Kier molecular flexibility index (Phi) is 4.58. The van der Waals surface area contributed by atoms with Crippen LogP contribution in [-0.4, -0.2) is 13.1 Å². The van der Waals surface area contributed by atoms with Crippen molar-refractivity contribution >= 4 is 15.9 Å². The van der Waals surface area contributed by atoms with E-state index in [9.17, 15) is 0 Å². The van der Waals surface area contributed by atoms with E-state index in [2.05, 4.69) is 41.1 Å². The minimum absolute atomic E-state index is 0.393. The summed E-state index contributed by atoms with van der Waals surface area (Å²) in [4.78, 5) is 0. The largest absolute Gasteiger partial charge is 0.330 e. The highest BCUT2D eigenvalue weighted by atomic mass is 79.9. The van der Waals surface area contributed by atoms with Crippen molar-refractivity contribution in [2.75, 3.05) is 13.1 Å². The molecule has 78 valence electrons. The first-order chi connectivity index (χ1) is 6.67. The summed E-state index contributed by atoms with van der Waals surface area (Å²) >= 11 is 3.52. The summed E-state index contributed by atoms with van der Waals surface area (Å²) < 4.78 is 1.16. The number of rotatable bonds is 4. The summed E-state index contributed by atoms with van der Waals surface area (Å²) in [6.07, 6.45) is 0.964. The van der Waals surface area contributed by atoms with Gasteiger partial charge in [-0.25, -0.2) is 0 Å². The standard InChI is InChI=1S/C11H17BrN2/c1-8-2-3-9(5-11(8)12)4-10(6-13)7-14/h2-3,5,10H,4,6-7,13-14H2,1H3. The maximum absolute atomic E-state index is 5.61. The Morgan fingerprint density at radius 2 is 1.93 bits per heavy atom. The zero-order valence-corrected chi connectivity index (χ0v) is 10.0. The van der Waals surface area contributed by atoms with Crippen LogP contribution < -0.4 is 11.5 Å². The van der Waals surface area contributed by atoms with Crippen LogP contribution in [0.2, 0.25) is 0 Å². The second kappa shape index (κ2) is 5.49. The lowest BCUT2D eigenvalue weighted by atomic mass is 9.99. The molecular weight excluding hydrogens is 240 g/mol. The molecule has 0 saturated carbocycles. The van der Waals surface area contributed by atoms with Crippen molar-refractivity contribution in [2.45, 2.75) is 13.3 Å². The molecule has 0 spiro atoms. The predicted octanol–water partition coefficient (Wildman–Crippen LogP) is 1.83. The van der Waals surface area contributed by atoms with Crippen molar-refractivity contribution < 1.29 is 0 Å². The molecule has 0 saturated heterocycles. The van der Waals surface area contributed by atoms with Crippen LogP contribution in [0, 0.1) is 12.8 Å². The Balaban J connectivity index is 2.72. The van der Waals surface area contributed by atoms with E-state index >= 15 is 0 Å². The van der Waals surface area contributed by atoms with Gasteiger partial charge in [0.05, 0.1) is 0 Å². The van der Waals surface area contributed by atoms with Gasteiger partial charge in [-0.1, -0.05) is 28.1 Å². The molecule has 0 atom stereocenters. The van der Waals surface area contributed by atoms with Crippen LogP contribution in [0.25, 0.3) is 0 Å². The summed E-state index contributed by atoms with van der Waals surface area (Å²) in [5.41, 5.74) is 13.8. The summed E-state index contributed by atoms with van der Waals surface area (Å²) in [7, 11) is 0. The van der Waals surface area contributed by atoms with E-state index in [1.54, 1.807) is 0 Å². The zero-order chi connectivity index (χ0) is 10.6. The third-order valence-corrected chi connectivity index (χ3v) is 3.28. The molecule has 0 aliphatic carbocycles. The van der Waals surface area contributed by atoms with E-state index in [0.717, 1.165) is 10.9 Å². The predicted molar refractivity (Wildman–Crippen MR) is 64.2 cm³/mol. The summed E-state index contributed by atoms with van der Waals surface area (Å²) in [6, 6.07) is 6.40. The normalized spacial score (nSPS) is 10.9. The molecule has 1 rings (SSSR count). The van der Waals surface area contributed by atoms with Gasteiger partial charge in [-0.3, -0.25) is 0 Å². The minimum Gasteiger partial charge on any atom is -0.330 e. The maximum atomic E-state index is 5.61. The van der Waals surface area contributed by atoms with Gasteiger partial charge < -0.3 is 11.5 Å². The highest BCUT2D eigenvalue weighted by Crippen LogP contribution is 2.19. The fraction of sp³-hybridized carbons (Fsp3) is 0.455. The Morgan fingerprint density at radius 3 is 2.43 bits per heavy atom. The third-order valence-electron chi connectivity index (χ3n) is 2.43. The Labute approximate surface area is 93.8 Å². The topological polar surface area (TPSA) is 52.0 Å². The van der Waals surface area contributed by atoms with E-state index in [1.165, 1.54) is 11.1 Å². The second-order valence-electron chi connectivity index (χ2n) is 3.63. The number of nitrogens with two attached hydrogens (primary N) is 2. The average Bonchev–Trinajstić information content (AvgIpc) is 2.19. The molecule has 0 amide bonds.